The van der Waals surface area contributed by atoms with Gasteiger partial charge in [-0.05, 0) is 6.07 Å². The van der Waals surface area contributed by atoms with E-state index in [1.807, 2.05) is 0 Å². The maximum atomic E-state index is 13.4. The molecule has 0 aliphatic heterocycles. The van der Waals surface area contributed by atoms with Crippen LogP contribution in [0, 0.1) is 0 Å². The van der Waals surface area contributed by atoms with Gasteiger partial charge in [-0.3, -0.25) is 0 Å². The monoisotopic (exact) mass is 385 g/mol. The van der Waals surface area contributed by atoms with Gasteiger partial charge in [-0.1, -0.05) is 0 Å². The summed E-state index contributed by atoms with van der Waals surface area (Å²) in [5.74, 6) is -36.8. The molecule has 0 saturated heterocycles. The minimum Gasteiger partial charge on any atom is -0.367 e. The molecule has 1 N–H and O–H groups in total. The summed E-state index contributed by atoms with van der Waals surface area (Å²) in [6, 6.07) is 0.0179. The summed E-state index contributed by atoms with van der Waals surface area (Å²) >= 11 is 0. The van der Waals surface area contributed by atoms with Gasteiger partial charge in [0.1, 0.15) is 0 Å². The van der Waals surface area contributed by atoms with Gasteiger partial charge in [0.2, 0.25) is 0 Å². The second-order valence-corrected chi connectivity index (χ2v) is 4.47. The molecule has 0 aliphatic rings. The highest BCUT2D eigenvalue weighted by Gasteiger charge is 2.90. The van der Waals surface area contributed by atoms with Gasteiger partial charge < -0.3 is 4.98 Å². The predicted octanol–water partition coefficient (Wildman–Crippen LogP) is 5.21. The topological polar surface area (TPSA) is 15.8 Å². The SMILES string of the molecule is FC(F)(F)C(F)(F)C(F)(F)C(F)(F)C(F)(F)C(F)(F)c1cc[nH]c1. The number of aromatic nitrogens is 1. The quantitative estimate of drug-likeness (QED) is 0.670. The first-order valence-corrected chi connectivity index (χ1v) is 5.44. The summed E-state index contributed by atoms with van der Waals surface area (Å²) in [6.07, 6.45) is -6.98. The molecule has 14 heteroatoms. The van der Waals surface area contributed by atoms with Crippen LogP contribution in [0.5, 0.6) is 0 Å². The van der Waals surface area contributed by atoms with Crippen LogP contribution in [0.1, 0.15) is 5.56 Å². The van der Waals surface area contributed by atoms with E-state index >= 15 is 0 Å². The number of halogens is 13. The lowest BCUT2D eigenvalue weighted by atomic mass is 9.91. The van der Waals surface area contributed by atoms with E-state index in [4.69, 9.17) is 0 Å². The van der Waals surface area contributed by atoms with Crippen LogP contribution < -0.4 is 0 Å². The van der Waals surface area contributed by atoms with E-state index < -0.39 is 41.4 Å². The van der Waals surface area contributed by atoms with Crippen LogP contribution in [0.15, 0.2) is 18.5 Å². The molecule has 0 radical (unpaired) electrons. The molecule has 0 unspecified atom stereocenters. The standard InChI is InChI=1S/C10H4F13N/c11-5(12,4-1-2-24-3-4)6(13,14)7(15,16)8(17,18)9(19,20)10(21,22)23/h1-3,24H. The van der Waals surface area contributed by atoms with Gasteiger partial charge in [0.25, 0.3) is 0 Å². The van der Waals surface area contributed by atoms with E-state index in [1.54, 1.807) is 4.98 Å². The summed E-state index contributed by atoms with van der Waals surface area (Å²) in [5.41, 5.74) is -2.03. The number of H-pyrrole nitrogens is 1. The molecule has 0 amide bonds. The summed E-state index contributed by atoms with van der Waals surface area (Å²) in [4.78, 5) is 1.68. The van der Waals surface area contributed by atoms with Crippen molar-refractivity contribution in [2.24, 2.45) is 0 Å². The molecule has 0 aliphatic carbocycles. The molecule has 0 atom stereocenters. The first kappa shape index (κ1) is 20.4. The molecule has 1 aromatic heterocycles. The average Bonchev–Trinajstić information content (AvgIpc) is 2.90. The van der Waals surface area contributed by atoms with Crippen LogP contribution in [-0.4, -0.2) is 34.9 Å². The van der Waals surface area contributed by atoms with Gasteiger partial charge in [0.15, 0.2) is 0 Å². The minimum atomic E-state index is -7.87. The molecule has 0 spiro atoms. The first-order valence-electron chi connectivity index (χ1n) is 5.44. The predicted molar refractivity (Wildman–Crippen MR) is 50.5 cm³/mol. The second kappa shape index (κ2) is 5.18. The maximum absolute atomic E-state index is 13.4. The largest absolute Gasteiger partial charge is 0.460 e. The third-order valence-corrected chi connectivity index (χ3v) is 2.89. The third-order valence-electron chi connectivity index (χ3n) is 2.89. The lowest BCUT2D eigenvalue weighted by Gasteiger charge is -2.39. The average molecular weight is 385 g/mol. The van der Waals surface area contributed by atoms with E-state index in [-0.39, 0.29) is 12.3 Å². The van der Waals surface area contributed by atoms with E-state index in [0.717, 1.165) is 0 Å². The molecule has 0 saturated carbocycles. The number of hydrogen-bond acceptors (Lipinski definition) is 0. The van der Waals surface area contributed by atoms with Gasteiger partial charge in [0.05, 0.1) is 0 Å². The first-order chi connectivity index (χ1) is 10.4. The zero-order valence-corrected chi connectivity index (χ0v) is 10.6. The van der Waals surface area contributed by atoms with Crippen LogP contribution in [-0.2, 0) is 5.92 Å². The van der Waals surface area contributed by atoms with Crippen molar-refractivity contribution in [1.29, 1.82) is 0 Å². The Balaban J connectivity index is 3.51. The number of nitrogens with one attached hydrogen (secondary N) is 1. The Kier molecular flexibility index (Phi) is 4.41. The van der Waals surface area contributed by atoms with Crippen LogP contribution >= 0.6 is 0 Å². The van der Waals surface area contributed by atoms with Crippen LogP contribution in [0.25, 0.3) is 0 Å². The Bertz CT molecular complexity index is 568. The fourth-order valence-corrected chi connectivity index (χ4v) is 1.47. The molecule has 0 bridgehead atoms. The smallest absolute Gasteiger partial charge is 0.367 e. The molecule has 1 nitrogen and oxygen atoms in total. The van der Waals surface area contributed by atoms with Crippen molar-refractivity contribution in [3.8, 4) is 0 Å². The molecular formula is C10H4F13N. The summed E-state index contributed by atoms with van der Waals surface area (Å²) in [6.45, 7) is 0. The fourth-order valence-electron chi connectivity index (χ4n) is 1.47. The highest BCUT2D eigenvalue weighted by atomic mass is 19.4. The van der Waals surface area contributed by atoms with Gasteiger partial charge in [-0.25, -0.2) is 0 Å². The molecule has 24 heavy (non-hydrogen) atoms. The Morgan fingerprint density at radius 3 is 1.33 bits per heavy atom. The molecule has 0 aromatic carbocycles. The molecule has 1 rings (SSSR count). The second-order valence-electron chi connectivity index (χ2n) is 4.47. The van der Waals surface area contributed by atoms with Gasteiger partial charge in [-0.15, -0.1) is 0 Å². The lowest BCUT2D eigenvalue weighted by molar-refractivity contribution is -0.441. The number of aromatic amines is 1. The van der Waals surface area contributed by atoms with Crippen LogP contribution in [0.3, 0.4) is 0 Å². The van der Waals surface area contributed by atoms with Gasteiger partial charge in [0, 0.05) is 18.0 Å². The van der Waals surface area contributed by atoms with E-state index in [0.29, 0.717) is 6.20 Å². The van der Waals surface area contributed by atoms with Crippen molar-refractivity contribution < 1.29 is 57.1 Å². The molecule has 0 fully saturated rings. The van der Waals surface area contributed by atoms with Gasteiger partial charge in [-0.2, -0.15) is 57.1 Å². The van der Waals surface area contributed by atoms with E-state index in [1.165, 1.54) is 0 Å². The summed E-state index contributed by atoms with van der Waals surface area (Å²) in [5, 5.41) is 0. The lowest BCUT2D eigenvalue weighted by Crippen LogP contribution is -2.69. The van der Waals surface area contributed by atoms with Crippen molar-refractivity contribution in [3.63, 3.8) is 0 Å². The highest BCUT2D eigenvalue weighted by molar-refractivity contribution is 5.22. The van der Waals surface area contributed by atoms with E-state index in [9.17, 15) is 57.1 Å². The number of alkyl halides is 13. The van der Waals surface area contributed by atoms with Crippen molar-refractivity contribution in [2.45, 2.75) is 35.8 Å². The normalized spacial score (nSPS) is 15.7. The molecule has 1 heterocycles. The fraction of sp³-hybridized carbons (Fsp3) is 0.600. The van der Waals surface area contributed by atoms with Gasteiger partial charge >= 0.3 is 35.8 Å². The summed E-state index contributed by atoms with van der Waals surface area (Å²) in [7, 11) is 0. The Labute approximate surface area is 123 Å². The third kappa shape index (κ3) is 2.41. The number of rotatable bonds is 5. The van der Waals surface area contributed by atoms with Crippen LogP contribution in [0.4, 0.5) is 57.1 Å². The molecular weight excluding hydrogens is 381 g/mol. The van der Waals surface area contributed by atoms with Crippen molar-refractivity contribution >= 4 is 0 Å². The highest BCUT2D eigenvalue weighted by Crippen LogP contribution is 2.61. The van der Waals surface area contributed by atoms with Crippen LogP contribution in [0.2, 0.25) is 0 Å². The Morgan fingerprint density at radius 1 is 0.583 bits per heavy atom. The minimum absolute atomic E-state index is 0.0179. The maximum Gasteiger partial charge on any atom is 0.460 e. The van der Waals surface area contributed by atoms with E-state index in [2.05, 4.69) is 0 Å². The molecule has 1 aromatic rings. The van der Waals surface area contributed by atoms with Crippen molar-refractivity contribution in [3.05, 3.63) is 24.0 Å². The summed E-state index contributed by atoms with van der Waals surface area (Å²) < 4.78 is 166. The molecule has 140 valence electrons. The Hall–Kier alpha value is -1.63. The van der Waals surface area contributed by atoms with Crippen molar-refractivity contribution in [2.75, 3.05) is 0 Å². The zero-order valence-electron chi connectivity index (χ0n) is 10.6. The zero-order chi connectivity index (χ0) is 19.4. The number of hydrogen-bond donors (Lipinski definition) is 1. The van der Waals surface area contributed by atoms with Crippen molar-refractivity contribution in [1.82, 2.24) is 4.98 Å². The Morgan fingerprint density at radius 2 is 1.00 bits per heavy atom.